The molecule has 3 N–H and O–H groups in total. The maximum Gasteiger partial charge on any atom is 0.328 e. The second kappa shape index (κ2) is 8.88. The number of hydrogen-bond donors (Lipinski definition) is 3. The van der Waals surface area contributed by atoms with E-state index in [-0.39, 0.29) is 0 Å². The Morgan fingerprint density at radius 1 is 0.880 bits per heavy atom. The van der Waals surface area contributed by atoms with Crippen LogP contribution in [0.2, 0.25) is 0 Å². The number of hydrogen-bond acceptors (Lipinski definition) is 4. The van der Waals surface area contributed by atoms with Crippen LogP contribution in [0.4, 0.5) is 5.69 Å². The predicted molar refractivity (Wildman–Crippen MR) is 93.4 cm³/mol. The van der Waals surface area contributed by atoms with Crippen molar-refractivity contribution in [3.63, 3.8) is 0 Å². The molecule has 0 unspecified atom stereocenters. The Morgan fingerprint density at radius 3 is 2.20 bits per heavy atom. The van der Waals surface area contributed by atoms with E-state index in [1.165, 1.54) is 13.2 Å². The molecule has 3 amide bonds. The molecule has 0 spiro atoms. The third-order valence-electron chi connectivity index (χ3n) is 3.08. The molecule has 0 radical (unpaired) electrons. The van der Waals surface area contributed by atoms with Gasteiger partial charge in [-0.3, -0.25) is 25.2 Å². The van der Waals surface area contributed by atoms with E-state index in [0.29, 0.717) is 11.4 Å². The highest BCUT2D eigenvalue weighted by atomic mass is 16.5. The van der Waals surface area contributed by atoms with Crippen LogP contribution in [0.1, 0.15) is 5.56 Å². The minimum Gasteiger partial charge on any atom is -0.497 e. The van der Waals surface area contributed by atoms with E-state index < -0.39 is 17.7 Å². The summed E-state index contributed by atoms with van der Waals surface area (Å²) < 4.78 is 5.00. The predicted octanol–water partition coefficient (Wildman–Crippen LogP) is 1.49. The average Bonchev–Trinajstić information content (AvgIpc) is 2.65. The number of methoxy groups -OCH3 is 1. The molecule has 0 aliphatic rings. The minimum absolute atomic E-state index is 0.427. The van der Waals surface area contributed by atoms with Gasteiger partial charge in [-0.25, -0.2) is 0 Å². The molecule has 25 heavy (non-hydrogen) atoms. The molecule has 0 fully saturated rings. The third kappa shape index (κ3) is 5.83. The molecule has 0 aliphatic heterocycles. The Hall–Kier alpha value is -3.61. The van der Waals surface area contributed by atoms with Gasteiger partial charge in [-0.15, -0.1) is 0 Å². The summed E-state index contributed by atoms with van der Waals surface area (Å²) in [5.74, 6) is -1.83. The topological polar surface area (TPSA) is 96.5 Å². The van der Waals surface area contributed by atoms with Crippen LogP contribution in [0, 0.1) is 0 Å². The number of nitrogens with one attached hydrogen (secondary N) is 3. The first-order valence-electron chi connectivity index (χ1n) is 7.37. The van der Waals surface area contributed by atoms with Crippen molar-refractivity contribution in [3.05, 3.63) is 66.2 Å². The fourth-order valence-electron chi connectivity index (χ4n) is 1.82. The van der Waals surface area contributed by atoms with Gasteiger partial charge in [-0.05, 0) is 35.9 Å². The van der Waals surface area contributed by atoms with E-state index in [4.69, 9.17) is 4.74 Å². The summed E-state index contributed by atoms with van der Waals surface area (Å²) in [6.07, 6.45) is 2.83. The van der Waals surface area contributed by atoms with Crippen molar-refractivity contribution in [3.8, 4) is 5.75 Å². The molecule has 0 saturated heterocycles. The minimum atomic E-state index is -0.989. The zero-order valence-electron chi connectivity index (χ0n) is 13.5. The number of carbonyl (C=O) groups is 3. The van der Waals surface area contributed by atoms with Gasteiger partial charge in [0.2, 0.25) is 0 Å². The molecule has 2 aromatic rings. The van der Waals surface area contributed by atoms with Crippen LogP contribution in [0.25, 0.3) is 6.08 Å². The maximum absolute atomic E-state index is 11.7. The SMILES string of the molecule is COc1ccc(NC(=O)C(=O)NNC(=O)/C=C/c2ccccc2)cc1. The second-order valence-corrected chi connectivity index (χ2v) is 4.87. The van der Waals surface area contributed by atoms with Crippen molar-refractivity contribution in [2.24, 2.45) is 0 Å². The monoisotopic (exact) mass is 339 g/mol. The molecule has 0 aromatic heterocycles. The van der Waals surface area contributed by atoms with Crippen LogP contribution < -0.4 is 20.9 Å². The summed E-state index contributed by atoms with van der Waals surface area (Å²) in [6, 6.07) is 15.6. The van der Waals surface area contributed by atoms with Gasteiger partial charge in [0.05, 0.1) is 7.11 Å². The first-order valence-corrected chi connectivity index (χ1v) is 7.37. The molecule has 0 aliphatic carbocycles. The molecule has 7 heteroatoms. The van der Waals surface area contributed by atoms with Gasteiger partial charge in [0, 0.05) is 11.8 Å². The van der Waals surface area contributed by atoms with Crippen LogP contribution in [-0.4, -0.2) is 24.8 Å². The van der Waals surface area contributed by atoms with E-state index >= 15 is 0 Å². The number of benzene rings is 2. The van der Waals surface area contributed by atoms with Crippen LogP contribution in [0.15, 0.2) is 60.7 Å². The van der Waals surface area contributed by atoms with Gasteiger partial charge >= 0.3 is 11.8 Å². The van der Waals surface area contributed by atoms with Crippen molar-refractivity contribution < 1.29 is 19.1 Å². The summed E-state index contributed by atoms with van der Waals surface area (Å²) in [4.78, 5) is 35.0. The average molecular weight is 339 g/mol. The lowest BCUT2D eigenvalue weighted by molar-refractivity contribution is -0.137. The Morgan fingerprint density at radius 2 is 1.56 bits per heavy atom. The summed E-state index contributed by atoms with van der Waals surface area (Å²) in [6.45, 7) is 0. The Bertz CT molecular complexity index is 771. The van der Waals surface area contributed by atoms with Gasteiger partial charge in [-0.2, -0.15) is 0 Å². The lowest BCUT2D eigenvalue weighted by Crippen LogP contribution is -2.46. The van der Waals surface area contributed by atoms with E-state index in [1.54, 1.807) is 30.3 Å². The molecule has 2 rings (SSSR count). The van der Waals surface area contributed by atoms with Crippen LogP contribution in [-0.2, 0) is 14.4 Å². The zero-order chi connectivity index (χ0) is 18.1. The number of amides is 3. The first kappa shape index (κ1) is 17.7. The third-order valence-corrected chi connectivity index (χ3v) is 3.08. The van der Waals surface area contributed by atoms with Gasteiger partial charge in [-0.1, -0.05) is 30.3 Å². The van der Waals surface area contributed by atoms with Crippen molar-refractivity contribution >= 4 is 29.5 Å². The number of ether oxygens (including phenoxy) is 1. The fraction of sp³-hybridized carbons (Fsp3) is 0.0556. The van der Waals surface area contributed by atoms with Crippen molar-refractivity contribution in [2.45, 2.75) is 0 Å². The van der Waals surface area contributed by atoms with Gasteiger partial charge in [0.1, 0.15) is 5.75 Å². The number of hydrazine groups is 1. The van der Waals surface area contributed by atoms with Gasteiger partial charge in [0.15, 0.2) is 0 Å². The quantitative estimate of drug-likeness (QED) is 0.447. The zero-order valence-corrected chi connectivity index (χ0v) is 13.5. The van der Waals surface area contributed by atoms with E-state index in [0.717, 1.165) is 5.56 Å². The largest absolute Gasteiger partial charge is 0.497 e. The highest BCUT2D eigenvalue weighted by Gasteiger charge is 2.13. The summed E-state index contributed by atoms with van der Waals surface area (Å²) in [7, 11) is 1.52. The van der Waals surface area contributed by atoms with Crippen LogP contribution in [0.3, 0.4) is 0 Å². The smallest absolute Gasteiger partial charge is 0.328 e. The first-order chi connectivity index (χ1) is 12.1. The van der Waals surface area contributed by atoms with E-state index in [2.05, 4.69) is 10.7 Å². The number of carbonyl (C=O) groups excluding carboxylic acids is 3. The van der Waals surface area contributed by atoms with Gasteiger partial charge in [0.25, 0.3) is 5.91 Å². The highest BCUT2D eigenvalue weighted by Crippen LogP contribution is 2.14. The molecule has 0 atom stereocenters. The fourth-order valence-corrected chi connectivity index (χ4v) is 1.82. The van der Waals surface area contributed by atoms with Crippen molar-refractivity contribution in [1.82, 2.24) is 10.9 Å². The van der Waals surface area contributed by atoms with Crippen molar-refractivity contribution in [2.75, 3.05) is 12.4 Å². The highest BCUT2D eigenvalue weighted by molar-refractivity contribution is 6.39. The van der Waals surface area contributed by atoms with E-state index in [9.17, 15) is 14.4 Å². The number of anilines is 1. The Kier molecular flexibility index (Phi) is 6.30. The maximum atomic E-state index is 11.7. The summed E-state index contributed by atoms with van der Waals surface area (Å²) in [5.41, 5.74) is 5.43. The lowest BCUT2D eigenvalue weighted by atomic mass is 10.2. The van der Waals surface area contributed by atoms with Crippen molar-refractivity contribution in [1.29, 1.82) is 0 Å². The normalized spacial score (nSPS) is 10.1. The van der Waals surface area contributed by atoms with Crippen LogP contribution in [0.5, 0.6) is 5.75 Å². The molecule has 2 aromatic carbocycles. The molecular formula is C18H17N3O4. The van der Waals surface area contributed by atoms with Gasteiger partial charge < -0.3 is 10.1 Å². The molecular weight excluding hydrogens is 322 g/mol. The second-order valence-electron chi connectivity index (χ2n) is 4.87. The molecule has 0 saturated carbocycles. The molecule has 7 nitrogen and oxygen atoms in total. The standard InChI is InChI=1S/C18H17N3O4/c1-25-15-10-8-14(9-11-15)19-17(23)18(24)21-20-16(22)12-7-13-5-3-2-4-6-13/h2-12H,1H3,(H,19,23)(H,20,22)(H,21,24)/b12-7+. The summed E-state index contributed by atoms with van der Waals surface area (Å²) in [5, 5.41) is 2.40. The molecule has 0 heterocycles. The van der Waals surface area contributed by atoms with Crippen LogP contribution >= 0.6 is 0 Å². The van der Waals surface area contributed by atoms with E-state index in [1.807, 2.05) is 35.8 Å². The summed E-state index contributed by atoms with van der Waals surface area (Å²) >= 11 is 0. The lowest BCUT2D eigenvalue weighted by Gasteiger charge is -2.07. The Balaban J connectivity index is 1.79. The number of rotatable bonds is 4. The Labute approximate surface area is 144 Å². The molecule has 0 bridgehead atoms. The molecule has 128 valence electrons.